The van der Waals surface area contributed by atoms with E-state index >= 15 is 0 Å². The van der Waals surface area contributed by atoms with E-state index in [2.05, 4.69) is 19.2 Å². The van der Waals surface area contributed by atoms with Crippen molar-refractivity contribution in [2.45, 2.75) is 51.4 Å². The third-order valence-corrected chi connectivity index (χ3v) is 3.89. The fraction of sp³-hybridized carbons (Fsp3) is 0.625. The summed E-state index contributed by atoms with van der Waals surface area (Å²) in [5, 5.41) is 13.3. The number of benzene rings is 1. The summed E-state index contributed by atoms with van der Waals surface area (Å²) in [6.07, 6.45) is 2.30. The topological polar surface area (TPSA) is 50.7 Å². The van der Waals surface area contributed by atoms with E-state index in [1.54, 1.807) is 7.11 Å². The third-order valence-electron chi connectivity index (χ3n) is 3.89. The van der Waals surface area contributed by atoms with Gasteiger partial charge in [-0.1, -0.05) is 13.0 Å². The number of nitrogens with one attached hydrogen (secondary N) is 1. The molecule has 2 N–H and O–H groups in total. The molecule has 0 radical (unpaired) electrons. The Balaban J connectivity index is 2.22. The summed E-state index contributed by atoms with van der Waals surface area (Å²) in [6, 6.07) is 6.09. The molecule has 1 aliphatic carbocycles. The second kappa shape index (κ2) is 6.95. The molecule has 20 heavy (non-hydrogen) atoms. The first kappa shape index (κ1) is 15.1. The third kappa shape index (κ3) is 3.44. The van der Waals surface area contributed by atoms with Gasteiger partial charge in [0.2, 0.25) is 0 Å². The van der Waals surface area contributed by atoms with Crippen molar-refractivity contribution in [2.24, 2.45) is 0 Å². The van der Waals surface area contributed by atoms with Gasteiger partial charge in [-0.2, -0.15) is 0 Å². The van der Waals surface area contributed by atoms with Crippen molar-refractivity contribution in [1.29, 1.82) is 0 Å². The molecular weight excluding hydrogens is 254 g/mol. The Kier molecular flexibility index (Phi) is 5.26. The van der Waals surface area contributed by atoms with Crippen LogP contribution in [-0.4, -0.2) is 31.0 Å². The van der Waals surface area contributed by atoms with E-state index < -0.39 is 0 Å². The van der Waals surface area contributed by atoms with E-state index in [-0.39, 0.29) is 18.2 Å². The molecule has 1 aromatic rings. The summed E-state index contributed by atoms with van der Waals surface area (Å²) < 4.78 is 11.3. The highest BCUT2D eigenvalue weighted by Gasteiger charge is 2.28. The molecular formula is C16H25NO3. The van der Waals surface area contributed by atoms with Gasteiger partial charge in [0, 0.05) is 17.7 Å². The first-order valence-corrected chi connectivity index (χ1v) is 7.41. The van der Waals surface area contributed by atoms with Gasteiger partial charge < -0.3 is 19.9 Å². The summed E-state index contributed by atoms with van der Waals surface area (Å²) in [5.41, 5.74) is 1.10. The predicted octanol–water partition coefficient (Wildman–Crippen LogP) is 2.66. The second-order valence-corrected chi connectivity index (χ2v) is 5.34. The van der Waals surface area contributed by atoms with Crippen LogP contribution in [0.1, 0.15) is 44.7 Å². The maximum Gasteiger partial charge on any atom is 0.128 e. The van der Waals surface area contributed by atoms with Crippen LogP contribution in [-0.2, 0) is 0 Å². The fourth-order valence-electron chi connectivity index (χ4n) is 2.72. The lowest BCUT2D eigenvalue weighted by atomic mass is 10.1. The van der Waals surface area contributed by atoms with E-state index in [1.165, 1.54) is 0 Å². The highest BCUT2D eigenvalue weighted by molar-refractivity contribution is 5.42. The van der Waals surface area contributed by atoms with Gasteiger partial charge in [-0.25, -0.2) is 0 Å². The highest BCUT2D eigenvalue weighted by atomic mass is 16.5. The maximum atomic E-state index is 9.94. The Hall–Kier alpha value is -1.26. The fourth-order valence-corrected chi connectivity index (χ4v) is 2.72. The largest absolute Gasteiger partial charge is 0.497 e. The maximum absolute atomic E-state index is 9.94. The number of aliphatic hydroxyl groups is 1. The Bertz CT molecular complexity index is 436. The summed E-state index contributed by atoms with van der Waals surface area (Å²) in [4.78, 5) is 0. The molecule has 0 bridgehead atoms. The lowest BCUT2D eigenvalue weighted by Crippen LogP contribution is -2.27. The summed E-state index contributed by atoms with van der Waals surface area (Å²) in [5.74, 6) is 1.59. The van der Waals surface area contributed by atoms with Crippen LogP contribution in [0.25, 0.3) is 0 Å². The van der Waals surface area contributed by atoms with Crippen LogP contribution >= 0.6 is 0 Å². The second-order valence-electron chi connectivity index (χ2n) is 5.34. The molecule has 1 saturated carbocycles. The molecule has 2 rings (SSSR count). The zero-order valence-electron chi connectivity index (χ0n) is 12.6. The number of methoxy groups -OCH3 is 1. The van der Waals surface area contributed by atoms with Crippen LogP contribution in [0.2, 0.25) is 0 Å². The van der Waals surface area contributed by atoms with Gasteiger partial charge in [0.1, 0.15) is 17.6 Å². The minimum atomic E-state index is -0.358. The Labute approximate surface area is 121 Å². The molecule has 3 atom stereocenters. The van der Waals surface area contributed by atoms with E-state index in [4.69, 9.17) is 9.47 Å². The van der Waals surface area contributed by atoms with Gasteiger partial charge in [-0.3, -0.25) is 0 Å². The van der Waals surface area contributed by atoms with Gasteiger partial charge >= 0.3 is 0 Å². The Morgan fingerprint density at radius 2 is 2.20 bits per heavy atom. The molecule has 112 valence electrons. The van der Waals surface area contributed by atoms with Crippen LogP contribution in [0, 0.1) is 0 Å². The van der Waals surface area contributed by atoms with Crippen molar-refractivity contribution in [3.05, 3.63) is 23.8 Å². The Morgan fingerprint density at radius 1 is 1.40 bits per heavy atom. The van der Waals surface area contributed by atoms with Crippen LogP contribution < -0.4 is 14.8 Å². The smallest absolute Gasteiger partial charge is 0.128 e. The molecule has 1 aromatic carbocycles. The number of ether oxygens (including phenoxy) is 2. The van der Waals surface area contributed by atoms with Gasteiger partial charge in [0.15, 0.2) is 0 Å². The van der Waals surface area contributed by atoms with Crippen LogP contribution in [0.4, 0.5) is 0 Å². The lowest BCUT2D eigenvalue weighted by Gasteiger charge is -2.23. The summed E-state index contributed by atoms with van der Waals surface area (Å²) >= 11 is 0. The SMILES string of the molecule is CCNC(C)c1ccc(OC)cc1OC1CCCC1O. The van der Waals surface area contributed by atoms with Gasteiger partial charge in [0.25, 0.3) is 0 Å². The molecule has 0 amide bonds. The average molecular weight is 279 g/mol. The van der Waals surface area contributed by atoms with Crippen LogP contribution in [0.15, 0.2) is 18.2 Å². The van der Waals surface area contributed by atoms with Crippen molar-refractivity contribution in [2.75, 3.05) is 13.7 Å². The van der Waals surface area contributed by atoms with Crippen molar-refractivity contribution in [3.8, 4) is 11.5 Å². The normalized spacial score (nSPS) is 23.6. The Morgan fingerprint density at radius 3 is 2.80 bits per heavy atom. The van der Waals surface area contributed by atoms with Crippen LogP contribution in [0.5, 0.6) is 11.5 Å². The molecule has 3 unspecified atom stereocenters. The molecule has 0 aliphatic heterocycles. The number of aliphatic hydroxyl groups excluding tert-OH is 1. The molecule has 4 nitrogen and oxygen atoms in total. The molecule has 0 aromatic heterocycles. The zero-order valence-corrected chi connectivity index (χ0v) is 12.6. The molecule has 4 heteroatoms. The zero-order chi connectivity index (χ0) is 14.5. The monoisotopic (exact) mass is 279 g/mol. The van der Waals surface area contributed by atoms with Crippen LogP contribution in [0.3, 0.4) is 0 Å². The predicted molar refractivity (Wildman–Crippen MR) is 79.4 cm³/mol. The quantitative estimate of drug-likeness (QED) is 0.840. The lowest BCUT2D eigenvalue weighted by molar-refractivity contribution is 0.0593. The number of hydrogen-bond acceptors (Lipinski definition) is 4. The van der Waals surface area contributed by atoms with E-state index in [9.17, 15) is 5.11 Å². The minimum absolute atomic E-state index is 0.102. The van der Waals surface area contributed by atoms with Crippen molar-refractivity contribution < 1.29 is 14.6 Å². The molecule has 0 heterocycles. The highest BCUT2D eigenvalue weighted by Crippen LogP contribution is 2.33. The molecule has 1 fully saturated rings. The summed E-state index contributed by atoms with van der Waals surface area (Å²) in [6.45, 7) is 5.10. The van der Waals surface area contributed by atoms with Crippen molar-refractivity contribution in [3.63, 3.8) is 0 Å². The first-order valence-electron chi connectivity index (χ1n) is 7.41. The molecule has 0 spiro atoms. The molecule has 0 saturated heterocycles. The van der Waals surface area contributed by atoms with E-state index in [1.807, 2.05) is 18.2 Å². The minimum Gasteiger partial charge on any atom is -0.497 e. The van der Waals surface area contributed by atoms with Crippen molar-refractivity contribution >= 4 is 0 Å². The first-order chi connectivity index (χ1) is 9.65. The van der Waals surface area contributed by atoms with Gasteiger partial charge in [-0.15, -0.1) is 0 Å². The van der Waals surface area contributed by atoms with Crippen molar-refractivity contribution in [1.82, 2.24) is 5.32 Å². The van der Waals surface area contributed by atoms with E-state index in [0.29, 0.717) is 0 Å². The molecule has 1 aliphatic rings. The number of rotatable bonds is 6. The van der Waals surface area contributed by atoms with Gasteiger partial charge in [-0.05, 0) is 38.8 Å². The van der Waals surface area contributed by atoms with Gasteiger partial charge in [0.05, 0.1) is 13.2 Å². The average Bonchev–Trinajstić information content (AvgIpc) is 2.84. The standard InChI is InChI=1S/C16H25NO3/c1-4-17-11(2)13-9-8-12(19-3)10-16(13)20-15-7-5-6-14(15)18/h8-11,14-15,17-18H,4-7H2,1-3H3. The number of hydrogen-bond donors (Lipinski definition) is 2. The summed E-state index contributed by atoms with van der Waals surface area (Å²) in [7, 11) is 1.65. The van der Waals surface area contributed by atoms with E-state index in [0.717, 1.165) is 42.9 Å².